The Hall–Kier alpha value is -2.74. The topological polar surface area (TPSA) is 94.2 Å². The van der Waals surface area contributed by atoms with Crippen LogP contribution in [0.5, 0.6) is 0 Å². The third-order valence-electron chi connectivity index (χ3n) is 3.13. The van der Waals surface area contributed by atoms with Crippen LogP contribution in [0.1, 0.15) is 5.69 Å². The normalized spacial score (nSPS) is 10.4. The minimum absolute atomic E-state index is 0.0646. The molecule has 7 nitrogen and oxygen atoms in total. The summed E-state index contributed by atoms with van der Waals surface area (Å²) in [6, 6.07) is 5.72. The second-order valence-corrected chi connectivity index (χ2v) is 5.07. The molecule has 0 radical (unpaired) electrons. The first-order valence-electron chi connectivity index (χ1n) is 6.39. The van der Waals surface area contributed by atoms with E-state index < -0.39 is 28.8 Å². The standard InChI is InChI=1S/C14H11ClFN3O4/c1-8-12(19(22)23)4-5-14(21)18(8)7-13(20)17-9-2-3-11(16)10(15)6-9/h2-6H,7H2,1H3,(H,17,20). The van der Waals surface area contributed by atoms with E-state index >= 15 is 0 Å². The molecule has 0 atom stereocenters. The number of halogens is 2. The van der Waals surface area contributed by atoms with Crippen molar-refractivity contribution in [2.45, 2.75) is 13.5 Å². The van der Waals surface area contributed by atoms with Crippen LogP contribution in [0, 0.1) is 22.9 Å². The van der Waals surface area contributed by atoms with Crippen LogP contribution >= 0.6 is 11.6 Å². The van der Waals surface area contributed by atoms with Gasteiger partial charge in [0.25, 0.3) is 11.2 Å². The summed E-state index contributed by atoms with van der Waals surface area (Å²) in [7, 11) is 0. The molecule has 2 rings (SSSR count). The zero-order chi connectivity index (χ0) is 17.1. The van der Waals surface area contributed by atoms with Crippen molar-refractivity contribution in [1.82, 2.24) is 4.57 Å². The summed E-state index contributed by atoms with van der Waals surface area (Å²) >= 11 is 5.61. The van der Waals surface area contributed by atoms with E-state index in [1.54, 1.807) is 0 Å². The van der Waals surface area contributed by atoms with E-state index in [1.165, 1.54) is 19.1 Å². The van der Waals surface area contributed by atoms with Gasteiger partial charge >= 0.3 is 0 Å². The summed E-state index contributed by atoms with van der Waals surface area (Å²) in [5, 5.41) is 13.2. The molecular formula is C14H11ClFN3O4. The molecule has 1 amide bonds. The Morgan fingerprint density at radius 1 is 1.39 bits per heavy atom. The predicted molar refractivity (Wildman–Crippen MR) is 82.1 cm³/mol. The van der Waals surface area contributed by atoms with Gasteiger partial charge in [-0.05, 0) is 25.1 Å². The van der Waals surface area contributed by atoms with Gasteiger partial charge < -0.3 is 5.32 Å². The van der Waals surface area contributed by atoms with E-state index in [0.717, 1.165) is 22.8 Å². The van der Waals surface area contributed by atoms with Crippen LogP contribution in [0.2, 0.25) is 5.02 Å². The number of aromatic nitrogens is 1. The van der Waals surface area contributed by atoms with Crippen molar-refractivity contribution in [2.24, 2.45) is 0 Å². The molecule has 0 aliphatic heterocycles. The van der Waals surface area contributed by atoms with Gasteiger partial charge in [-0.2, -0.15) is 0 Å². The summed E-state index contributed by atoms with van der Waals surface area (Å²) in [6.45, 7) is 0.961. The van der Waals surface area contributed by atoms with E-state index in [4.69, 9.17) is 11.6 Å². The Morgan fingerprint density at radius 2 is 2.09 bits per heavy atom. The van der Waals surface area contributed by atoms with Crippen LogP contribution in [0.4, 0.5) is 15.8 Å². The number of nitrogens with one attached hydrogen (secondary N) is 1. The van der Waals surface area contributed by atoms with Gasteiger partial charge in [-0.25, -0.2) is 4.39 Å². The third kappa shape index (κ3) is 3.72. The highest BCUT2D eigenvalue weighted by Gasteiger charge is 2.17. The van der Waals surface area contributed by atoms with E-state index in [-0.39, 0.29) is 22.1 Å². The predicted octanol–water partition coefficient (Wildman–Crippen LogP) is 2.50. The number of carbonyl (C=O) groups is 1. The van der Waals surface area contributed by atoms with Crippen LogP contribution in [0.25, 0.3) is 0 Å². The van der Waals surface area contributed by atoms with E-state index in [1.807, 2.05) is 0 Å². The smallest absolute Gasteiger partial charge is 0.288 e. The number of carbonyl (C=O) groups excluding carboxylic acids is 1. The zero-order valence-corrected chi connectivity index (χ0v) is 12.6. The number of nitro groups is 1. The minimum Gasteiger partial charge on any atom is -0.324 e. The van der Waals surface area contributed by atoms with Gasteiger partial charge in [-0.15, -0.1) is 0 Å². The Bertz CT molecular complexity index is 850. The Kier molecular flexibility index (Phi) is 4.75. The summed E-state index contributed by atoms with van der Waals surface area (Å²) in [4.78, 5) is 34.0. The lowest BCUT2D eigenvalue weighted by molar-refractivity contribution is -0.386. The van der Waals surface area contributed by atoms with Crippen molar-refractivity contribution in [1.29, 1.82) is 0 Å². The summed E-state index contributed by atoms with van der Waals surface area (Å²) in [5.41, 5.74) is -0.491. The number of hydrogen-bond acceptors (Lipinski definition) is 4. The minimum atomic E-state index is -0.636. The van der Waals surface area contributed by atoms with Gasteiger partial charge in [0.2, 0.25) is 5.91 Å². The first-order chi connectivity index (χ1) is 10.8. The lowest BCUT2D eigenvalue weighted by atomic mass is 10.3. The molecule has 2 aromatic rings. The molecule has 1 N–H and O–H groups in total. The lowest BCUT2D eigenvalue weighted by Crippen LogP contribution is -2.29. The molecule has 0 spiro atoms. The maximum atomic E-state index is 13.1. The molecule has 0 bridgehead atoms. The molecule has 0 fully saturated rings. The number of hydrogen-bond donors (Lipinski definition) is 1. The molecule has 23 heavy (non-hydrogen) atoms. The van der Waals surface area contributed by atoms with Crippen molar-refractivity contribution in [3.05, 3.63) is 67.3 Å². The highest BCUT2D eigenvalue weighted by atomic mass is 35.5. The number of pyridine rings is 1. The maximum Gasteiger partial charge on any atom is 0.288 e. The lowest BCUT2D eigenvalue weighted by Gasteiger charge is -2.10. The fourth-order valence-electron chi connectivity index (χ4n) is 1.97. The average Bonchev–Trinajstić information content (AvgIpc) is 2.47. The molecule has 0 saturated carbocycles. The van der Waals surface area contributed by atoms with Crippen molar-refractivity contribution >= 4 is 28.9 Å². The first kappa shape index (κ1) is 16.6. The number of nitrogens with zero attached hydrogens (tertiary/aromatic N) is 2. The van der Waals surface area contributed by atoms with Crippen LogP contribution in [0.15, 0.2) is 35.1 Å². The van der Waals surface area contributed by atoms with Crippen molar-refractivity contribution in [3.8, 4) is 0 Å². The van der Waals surface area contributed by atoms with Gasteiger partial charge in [0.15, 0.2) is 0 Å². The fourth-order valence-corrected chi connectivity index (χ4v) is 2.15. The van der Waals surface area contributed by atoms with Crippen LogP contribution in [-0.2, 0) is 11.3 Å². The molecule has 1 aromatic heterocycles. The Balaban J connectivity index is 2.23. The van der Waals surface area contributed by atoms with E-state index in [2.05, 4.69) is 5.32 Å². The second-order valence-electron chi connectivity index (χ2n) is 4.66. The molecule has 0 aliphatic carbocycles. The van der Waals surface area contributed by atoms with Crippen LogP contribution in [-0.4, -0.2) is 15.4 Å². The Morgan fingerprint density at radius 3 is 2.70 bits per heavy atom. The molecule has 1 aromatic carbocycles. The van der Waals surface area contributed by atoms with Crippen LogP contribution < -0.4 is 10.9 Å². The van der Waals surface area contributed by atoms with E-state index in [0.29, 0.717) is 0 Å². The maximum absolute atomic E-state index is 13.1. The van der Waals surface area contributed by atoms with Gasteiger partial charge in [-0.1, -0.05) is 11.6 Å². The fraction of sp³-hybridized carbons (Fsp3) is 0.143. The number of rotatable bonds is 4. The molecule has 9 heteroatoms. The van der Waals surface area contributed by atoms with E-state index in [9.17, 15) is 24.1 Å². The third-order valence-corrected chi connectivity index (χ3v) is 3.42. The second kappa shape index (κ2) is 6.57. The quantitative estimate of drug-likeness (QED) is 0.684. The first-order valence-corrected chi connectivity index (χ1v) is 6.77. The molecular weight excluding hydrogens is 329 g/mol. The molecule has 0 aliphatic rings. The van der Waals surface area contributed by atoms with Crippen molar-refractivity contribution in [3.63, 3.8) is 0 Å². The molecule has 1 heterocycles. The summed E-state index contributed by atoms with van der Waals surface area (Å²) in [6.07, 6.45) is 0. The highest BCUT2D eigenvalue weighted by Crippen LogP contribution is 2.19. The highest BCUT2D eigenvalue weighted by molar-refractivity contribution is 6.31. The van der Waals surface area contributed by atoms with Crippen LogP contribution in [0.3, 0.4) is 0 Å². The van der Waals surface area contributed by atoms with Gasteiger partial charge in [-0.3, -0.25) is 24.3 Å². The monoisotopic (exact) mass is 339 g/mol. The van der Waals surface area contributed by atoms with Crippen molar-refractivity contribution < 1.29 is 14.1 Å². The molecule has 0 saturated heterocycles. The zero-order valence-electron chi connectivity index (χ0n) is 11.9. The molecule has 0 unspecified atom stereocenters. The van der Waals surface area contributed by atoms with Gasteiger partial charge in [0, 0.05) is 17.8 Å². The summed E-state index contributed by atoms with van der Waals surface area (Å²) in [5.74, 6) is -1.23. The summed E-state index contributed by atoms with van der Waals surface area (Å²) < 4.78 is 14.0. The average molecular weight is 340 g/mol. The SMILES string of the molecule is Cc1c([N+](=O)[O-])ccc(=O)n1CC(=O)Nc1ccc(F)c(Cl)c1. The van der Waals surface area contributed by atoms with Gasteiger partial charge in [0.1, 0.15) is 12.4 Å². The number of benzene rings is 1. The Labute approximate surface area is 134 Å². The van der Waals surface area contributed by atoms with Crippen molar-refractivity contribution in [2.75, 3.05) is 5.32 Å². The number of amides is 1. The van der Waals surface area contributed by atoms with Gasteiger partial charge in [0.05, 0.1) is 15.6 Å². The largest absolute Gasteiger partial charge is 0.324 e. The number of anilines is 1. The molecule has 120 valence electrons.